The van der Waals surface area contributed by atoms with Gasteiger partial charge in [0.15, 0.2) is 0 Å². The number of alkyl halides is 2. The second-order valence-electron chi connectivity index (χ2n) is 8.44. The van der Waals surface area contributed by atoms with Gasteiger partial charge in [0.2, 0.25) is 5.91 Å². The van der Waals surface area contributed by atoms with Crippen LogP contribution in [0.4, 0.5) is 14.5 Å². The van der Waals surface area contributed by atoms with Gasteiger partial charge in [0.05, 0.1) is 30.3 Å². The predicted molar refractivity (Wildman–Crippen MR) is 112 cm³/mol. The lowest BCUT2D eigenvalue weighted by Gasteiger charge is -2.39. The van der Waals surface area contributed by atoms with Gasteiger partial charge in [-0.25, -0.2) is 8.78 Å². The van der Waals surface area contributed by atoms with Crippen LogP contribution in [0.3, 0.4) is 0 Å². The molecule has 1 N–H and O–H groups in total. The molecule has 0 radical (unpaired) electrons. The van der Waals surface area contributed by atoms with E-state index in [0.29, 0.717) is 23.3 Å². The Hall–Kier alpha value is -2.39. The Morgan fingerprint density at radius 2 is 1.87 bits per heavy atom. The highest BCUT2D eigenvalue weighted by Crippen LogP contribution is 2.33. The Bertz CT molecular complexity index is 916. The molecule has 0 aliphatic carbocycles. The van der Waals surface area contributed by atoms with Crippen molar-refractivity contribution in [3.8, 4) is 0 Å². The molecule has 162 valence electrons. The Morgan fingerprint density at radius 1 is 1.17 bits per heavy atom. The van der Waals surface area contributed by atoms with Gasteiger partial charge in [-0.05, 0) is 25.6 Å². The van der Waals surface area contributed by atoms with Crippen LogP contribution in [0, 0.1) is 6.92 Å². The minimum absolute atomic E-state index is 0.198. The van der Waals surface area contributed by atoms with E-state index < -0.39 is 18.5 Å². The summed E-state index contributed by atoms with van der Waals surface area (Å²) in [6, 6.07) is 3.07. The summed E-state index contributed by atoms with van der Waals surface area (Å²) in [6.45, 7) is 5.52. The number of carbonyl (C=O) groups is 1. The van der Waals surface area contributed by atoms with E-state index in [-0.39, 0.29) is 18.9 Å². The molecule has 2 aliphatic rings. The molecule has 3 heterocycles. The maximum atomic E-state index is 14.6. The minimum Gasteiger partial charge on any atom is -0.362 e. The molecule has 30 heavy (non-hydrogen) atoms. The molecule has 1 unspecified atom stereocenters. The van der Waals surface area contributed by atoms with Crippen LogP contribution in [0.25, 0.3) is 11.0 Å². The number of aryl methyl sites for hydroxylation is 1. The fourth-order valence-corrected chi connectivity index (χ4v) is 4.29. The van der Waals surface area contributed by atoms with Crippen LogP contribution in [0.1, 0.15) is 12.0 Å². The van der Waals surface area contributed by atoms with Gasteiger partial charge in [0.25, 0.3) is 5.92 Å². The normalized spacial score (nSPS) is 22.9. The summed E-state index contributed by atoms with van der Waals surface area (Å²) in [5.41, 5.74) is 2.89. The number of rotatable bonds is 4. The van der Waals surface area contributed by atoms with E-state index in [0.717, 1.165) is 31.7 Å². The highest BCUT2D eigenvalue weighted by atomic mass is 19.3. The average molecular weight is 418 g/mol. The molecule has 1 amide bonds. The van der Waals surface area contributed by atoms with Crippen molar-refractivity contribution < 1.29 is 13.6 Å². The SMILES string of the molecule is Cc1ccc(N2CC(NC(=O)CN3CCN(C)CC3)CC(F)(F)C2)c2nccnc12. The summed E-state index contributed by atoms with van der Waals surface area (Å²) in [5.74, 6) is -3.10. The van der Waals surface area contributed by atoms with Crippen LogP contribution >= 0.6 is 0 Å². The zero-order chi connectivity index (χ0) is 21.3. The van der Waals surface area contributed by atoms with E-state index in [2.05, 4.69) is 32.1 Å². The van der Waals surface area contributed by atoms with Crippen molar-refractivity contribution in [1.29, 1.82) is 0 Å². The number of fused-ring (bicyclic) bond motifs is 1. The first-order chi connectivity index (χ1) is 14.3. The number of amides is 1. The number of nitrogens with one attached hydrogen (secondary N) is 1. The molecular weight excluding hydrogens is 390 g/mol. The van der Waals surface area contributed by atoms with Crippen LogP contribution in [-0.4, -0.2) is 90.5 Å². The fraction of sp³-hybridized carbons (Fsp3) is 0.571. The maximum absolute atomic E-state index is 14.6. The number of carbonyl (C=O) groups excluding carboxylic acids is 1. The molecule has 1 aromatic heterocycles. The molecule has 2 aromatic rings. The van der Waals surface area contributed by atoms with Gasteiger partial charge in [-0.15, -0.1) is 0 Å². The van der Waals surface area contributed by atoms with Gasteiger partial charge >= 0.3 is 0 Å². The lowest BCUT2D eigenvalue weighted by atomic mass is 10.0. The van der Waals surface area contributed by atoms with Crippen LogP contribution in [0.2, 0.25) is 0 Å². The quantitative estimate of drug-likeness (QED) is 0.812. The molecule has 2 saturated heterocycles. The topological polar surface area (TPSA) is 64.6 Å². The van der Waals surface area contributed by atoms with E-state index in [9.17, 15) is 13.6 Å². The van der Waals surface area contributed by atoms with Crippen molar-refractivity contribution in [2.24, 2.45) is 0 Å². The van der Waals surface area contributed by atoms with E-state index >= 15 is 0 Å². The Morgan fingerprint density at radius 3 is 2.60 bits per heavy atom. The summed E-state index contributed by atoms with van der Waals surface area (Å²) in [7, 11) is 2.05. The second kappa shape index (κ2) is 8.39. The highest BCUT2D eigenvalue weighted by molar-refractivity contribution is 5.90. The van der Waals surface area contributed by atoms with E-state index in [1.807, 2.05) is 19.1 Å². The second-order valence-corrected chi connectivity index (χ2v) is 8.44. The third-order valence-electron chi connectivity index (χ3n) is 5.88. The number of halogens is 2. The monoisotopic (exact) mass is 418 g/mol. The lowest BCUT2D eigenvalue weighted by molar-refractivity contribution is -0.124. The van der Waals surface area contributed by atoms with Gasteiger partial charge < -0.3 is 15.1 Å². The first-order valence-electron chi connectivity index (χ1n) is 10.3. The van der Waals surface area contributed by atoms with Crippen LogP contribution in [0.5, 0.6) is 0 Å². The standard InChI is InChI=1S/C21H28F2N6O/c1-15-3-4-17(20-19(15)24-5-6-25-20)29-12-16(11-21(22,23)14-29)26-18(30)13-28-9-7-27(2)8-10-28/h3-6,16H,7-14H2,1-2H3,(H,26,30). The van der Waals surface area contributed by atoms with Crippen molar-refractivity contribution in [2.75, 3.05) is 57.8 Å². The molecule has 1 atom stereocenters. The highest BCUT2D eigenvalue weighted by Gasteiger charge is 2.41. The molecule has 2 aliphatic heterocycles. The van der Waals surface area contributed by atoms with Crippen molar-refractivity contribution in [3.05, 3.63) is 30.1 Å². The number of anilines is 1. The average Bonchev–Trinajstić information content (AvgIpc) is 2.69. The smallest absolute Gasteiger partial charge is 0.267 e. The van der Waals surface area contributed by atoms with Gasteiger partial charge in [0, 0.05) is 51.5 Å². The fourth-order valence-electron chi connectivity index (χ4n) is 4.29. The summed E-state index contributed by atoms with van der Waals surface area (Å²) < 4.78 is 29.2. The molecule has 9 heteroatoms. The number of likely N-dealkylation sites (N-methyl/N-ethyl adjacent to an activating group) is 1. The van der Waals surface area contributed by atoms with Gasteiger partial charge in [-0.2, -0.15) is 0 Å². The number of hydrogen-bond acceptors (Lipinski definition) is 6. The van der Waals surface area contributed by atoms with Crippen molar-refractivity contribution in [3.63, 3.8) is 0 Å². The van der Waals surface area contributed by atoms with Crippen LogP contribution in [-0.2, 0) is 4.79 Å². The number of piperidine rings is 1. The zero-order valence-electron chi connectivity index (χ0n) is 17.4. The summed E-state index contributed by atoms with van der Waals surface area (Å²) in [6.07, 6.45) is 2.82. The summed E-state index contributed by atoms with van der Waals surface area (Å²) >= 11 is 0. The molecule has 7 nitrogen and oxygen atoms in total. The minimum atomic E-state index is -2.90. The first-order valence-corrected chi connectivity index (χ1v) is 10.3. The molecule has 0 saturated carbocycles. The maximum Gasteiger partial charge on any atom is 0.267 e. The molecule has 0 spiro atoms. The Balaban J connectivity index is 1.48. The lowest BCUT2D eigenvalue weighted by Crippen LogP contribution is -2.57. The zero-order valence-corrected chi connectivity index (χ0v) is 17.4. The van der Waals surface area contributed by atoms with E-state index in [1.54, 1.807) is 17.3 Å². The number of hydrogen-bond donors (Lipinski definition) is 1. The third kappa shape index (κ3) is 4.67. The Kier molecular flexibility index (Phi) is 5.84. The first kappa shape index (κ1) is 20.9. The molecule has 4 rings (SSSR count). The number of piperazine rings is 1. The third-order valence-corrected chi connectivity index (χ3v) is 5.88. The van der Waals surface area contributed by atoms with E-state index in [4.69, 9.17) is 0 Å². The Labute approximate surface area is 175 Å². The predicted octanol–water partition coefficient (Wildman–Crippen LogP) is 1.52. The summed E-state index contributed by atoms with van der Waals surface area (Å²) in [5, 5.41) is 2.84. The molecular formula is C21H28F2N6O. The number of aromatic nitrogens is 2. The van der Waals surface area contributed by atoms with Crippen molar-refractivity contribution >= 4 is 22.6 Å². The van der Waals surface area contributed by atoms with Crippen molar-refractivity contribution in [1.82, 2.24) is 25.1 Å². The number of nitrogens with zero attached hydrogens (tertiary/aromatic N) is 5. The van der Waals surface area contributed by atoms with Gasteiger partial charge in [-0.3, -0.25) is 19.7 Å². The van der Waals surface area contributed by atoms with Crippen molar-refractivity contribution in [2.45, 2.75) is 25.3 Å². The molecule has 1 aromatic carbocycles. The molecule has 0 bridgehead atoms. The van der Waals surface area contributed by atoms with Gasteiger partial charge in [0.1, 0.15) is 5.52 Å². The molecule has 2 fully saturated rings. The van der Waals surface area contributed by atoms with E-state index in [1.165, 1.54) is 0 Å². The van der Waals surface area contributed by atoms with Crippen LogP contribution in [0.15, 0.2) is 24.5 Å². The van der Waals surface area contributed by atoms with Crippen LogP contribution < -0.4 is 10.2 Å². The summed E-state index contributed by atoms with van der Waals surface area (Å²) in [4.78, 5) is 27.2. The number of benzene rings is 1. The largest absolute Gasteiger partial charge is 0.362 e. The van der Waals surface area contributed by atoms with Gasteiger partial charge in [-0.1, -0.05) is 6.07 Å².